The average Bonchev–Trinajstić information content (AvgIpc) is 2.49. The molecule has 0 unspecified atom stereocenters. The fourth-order valence-electron chi connectivity index (χ4n) is 2.03. The highest BCUT2D eigenvalue weighted by Crippen LogP contribution is 2.22. The number of benzene rings is 1. The molecule has 4 nitrogen and oxygen atoms in total. The van der Waals surface area contributed by atoms with Gasteiger partial charge in [0.1, 0.15) is 11.9 Å². The van der Waals surface area contributed by atoms with Crippen LogP contribution in [0.15, 0.2) is 54.6 Å². The van der Waals surface area contributed by atoms with Gasteiger partial charge in [0.15, 0.2) is 0 Å². The fourth-order valence-corrected chi connectivity index (χ4v) is 2.03. The monoisotopic (exact) mass is 315 g/mol. The van der Waals surface area contributed by atoms with E-state index in [1.165, 1.54) is 0 Å². The van der Waals surface area contributed by atoms with E-state index in [1.54, 1.807) is 26.8 Å². The van der Waals surface area contributed by atoms with E-state index in [0.29, 0.717) is 12.0 Å². The summed E-state index contributed by atoms with van der Waals surface area (Å²) in [6, 6.07) is 8.82. The van der Waals surface area contributed by atoms with Crippen LogP contribution in [0, 0.1) is 0 Å². The second-order valence-electron chi connectivity index (χ2n) is 6.18. The van der Waals surface area contributed by atoms with Gasteiger partial charge in [0, 0.05) is 5.57 Å². The van der Waals surface area contributed by atoms with Gasteiger partial charge in [0.25, 0.3) is 0 Å². The molecule has 124 valence electrons. The van der Waals surface area contributed by atoms with Crippen LogP contribution in [-0.2, 0) is 9.53 Å². The molecule has 0 spiro atoms. The summed E-state index contributed by atoms with van der Waals surface area (Å²) in [6.07, 6.45) is 5.30. The number of carbonyl (C=O) groups is 2. The molecule has 0 aliphatic rings. The second kappa shape index (κ2) is 8.93. The summed E-state index contributed by atoms with van der Waals surface area (Å²) in [4.78, 5) is 23.6. The first kappa shape index (κ1) is 18.7. The number of alkyl carbamates (subject to hydrolysis) is 1. The summed E-state index contributed by atoms with van der Waals surface area (Å²) in [5.74, 6) is 0. The van der Waals surface area contributed by atoms with E-state index < -0.39 is 17.7 Å². The van der Waals surface area contributed by atoms with Crippen LogP contribution in [0.25, 0.3) is 0 Å². The quantitative estimate of drug-likeness (QED) is 0.352. The molecule has 0 radical (unpaired) electrons. The smallest absolute Gasteiger partial charge is 0.408 e. The van der Waals surface area contributed by atoms with E-state index in [1.807, 2.05) is 36.4 Å². The minimum atomic E-state index is -0.598. The van der Waals surface area contributed by atoms with Gasteiger partial charge in [0.05, 0.1) is 6.04 Å². The number of nitrogens with one attached hydrogen (secondary N) is 1. The zero-order valence-corrected chi connectivity index (χ0v) is 14.0. The van der Waals surface area contributed by atoms with Crippen LogP contribution in [0.5, 0.6) is 0 Å². The van der Waals surface area contributed by atoms with E-state index in [9.17, 15) is 9.59 Å². The molecule has 1 aromatic carbocycles. The summed E-state index contributed by atoms with van der Waals surface area (Å²) in [5, 5.41) is 2.78. The molecule has 0 aliphatic carbocycles. The molecule has 0 saturated carbocycles. The van der Waals surface area contributed by atoms with Crippen LogP contribution in [0.2, 0.25) is 0 Å². The molecular weight excluding hydrogens is 290 g/mol. The maximum absolute atomic E-state index is 12.1. The van der Waals surface area contributed by atoms with E-state index in [2.05, 4.69) is 11.9 Å². The molecule has 0 bridgehead atoms. The minimum Gasteiger partial charge on any atom is -0.444 e. The Balaban J connectivity index is 3.02. The van der Waals surface area contributed by atoms with Gasteiger partial charge in [-0.2, -0.15) is 0 Å². The van der Waals surface area contributed by atoms with Gasteiger partial charge in [-0.05, 0) is 39.2 Å². The van der Waals surface area contributed by atoms with E-state index >= 15 is 0 Å². The molecule has 4 heteroatoms. The first-order valence-electron chi connectivity index (χ1n) is 7.68. The number of hydrogen-bond acceptors (Lipinski definition) is 3. The van der Waals surface area contributed by atoms with Crippen molar-refractivity contribution in [2.75, 3.05) is 0 Å². The van der Waals surface area contributed by atoms with Crippen molar-refractivity contribution in [3.05, 3.63) is 60.2 Å². The summed E-state index contributed by atoms with van der Waals surface area (Å²) < 4.78 is 5.30. The van der Waals surface area contributed by atoms with Gasteiger partial charge in [0.2, 0.25) is 0 Å². The van der Waals surface area contributed by atoms with Crippen LogP contribution in [0.4, 0.5) is 4.79 Å². The van der Waals surface area contributed by atoms with Crippen molar-refractivity contribution in [2.45, 2.75) is 45.3 Å². The number of ether oxygens (including phenoxy) is 1. The number of unbranched alkanes of at least 4 members (excludes halogenated alkanes) is 1. The standard InChI is InChI=1S/C19H25NO3/c1-5-6-8-13-16(14-21)17(15-11-9-7-10-12-15)20-18(22)23-19(2,3)4/h5,7,9-14,17H,1,6,8H2,2-4H3,(H,20,22)/b16-13-/t17-/m1/s1. The lowest BCUT2D eigenvalue weighted by Gasteiger charge is -2.24. The Morgan fingerprint density at radius 1 is 1.26 bits per heavy atom. The lowest BCUT2D eigenvalue weighted by atomic mass is 9.98. The Kier molecular flexibility index (Phi) is 7.26. The Bertz CT molecular complexity index is 556. The zero-order chi connectivity index (χ0) is 17.3. The number of rotatable bonds is 7. The van der Waals surface area contributed by atoms with Crippen LogP contribution < -0.4 is 5.32 Å². The highest BCUT2D eigenvalue weighted by Gasteiger charge is 2.22. The Morgan fingerprint density at radius 2 is 1.91 bits per heavy atom. The average molecular weight is 315 g/mol. The third kappa shape index (κ3) is 6.96. The predicted molar refractivity (Wildman–Crippen MR) is 92.1 cm³/mol. The first-order chi connectivity index (χ1) is 10.9. The normalized spacial score (nSPS) is 13.1. The molecule has 1 atom stereocenters. The van der Waals surface area contributed by atoms with Crippen LogP contribution >= 0.6 is 0 Å². The van der Waals surface area contributed by atoms with Crippen LogP contribution in [0.1, 0.15) is 45.2 Å². The summed E-state index contributed by atoms with van der Waals surface area (Å²) in [5.41, 5.74) is 0.735. The maximum atomic E-state index is 12.1. The second-order valence-corrected chi connectivity index (χ2v) is 6.18. The first-order valence-corrected chi connectivity index (χ1v) is 7.68. The molecule has 0 aromatic heterocycles. The van der Waals surface area contributed by atoms with Gasteiger partial charge >= 0.3 is 6.09 Å². The van der Waals surface area contributed by atoms with Crippen molar-refractivity contribution in [1.29, 1.82) is 0 Å². The fraction of sp³-hybridized carbons (Fsp3) is 0.368. The molecule has 0 heterocycles. The molecular formula is C19H25NO3. The molecule has 1 amide bonds. The topological polar surface area (TPSA) is 55.4 Å². The Hall–Kier alpha value is -2.36. The molecule has 0 saturated heterocycles. The van der Waals surface area contributed by atoms with Gasteiger partial charge in [-0.3, -0.25) is 4.79 Å². The number of allylic oxidation sites excluding steroid dienone is 2. The summed E-state index contributed by atoms with van der Waals surface area (Å²) in [7, 11) is 0. The van der Waals surface area contributed by atoms with Crippen molar-refractivity contribution in [3.8, 4) is 0 Å². The minimum absolute atomic E-state index is 0.504. The molecule has 23 heavy (non-hydrogen) atoms. The van der Waals surface area contributed by atoms with Gasteiger partial charge in [-0.15, -0.1) is 6.58 Å². The summed E-state index contributed by atoms with van der Waals surface area (Å²) in [6.45, 7) is 9.06. The van der Waals surface area contributed by atoms with Crippen LogP contribution in [0.3, 0.4) is 0 Å². The maximum Gasteiger partial charge on any atom is 0.408 e. The van der Waals surface area contributed by atoms with Crippen molar-refractivity contribution in [1.82, 2.24) is 5.32 Å². The number of hydrogen-bond donors (Lipinski definition) is 1. The van der Waals surface area contributed by atoms with Crippen molar-refractivity contribution >= 4 is 12.4 Å². The SMILES string of the molecule is C=CCC/C=C(/C=O)[C@H](NC(=O)OC(C)(C)C)c1ccccc1. The molecule has 0 aliphatic heterocycles. The highest BCUT2D eigenvalue weighted by molar-refractivity contribution is 5.78. The van der Waals surface area contributed by atoms with Crippen molar-refractivity contribution in [2.24, 2.45) is 0 Å². The van der Waals surface area contributed by atoms with Crippen molar-refractivity contribution in [3.63, 3.8) is 0 Å². The Labute approximate surface area is 138 Å². The number of aldehydes is 1. The van der Waals surface area contributed by atoms with Crippen LogP contribution in [-0.4, -0.2) is 18.0 Å². The molecule has 1 aromatic rings. The van der Waals surface area contributed by atoms with E-state index in [4.69, 9.17) is 4.74 Å². The van der Waals surface area contributed by atoms with E-state index in [0.717, 1.165) is 18.3 Å². The largest absolute Gasteiger partial charge is 0.444 e. The third-order valence-electron chi connectivity index (χ3n) is 3.01. The highest BCUT2D eigenvalue weighted by atomic mass is 16.6. The van der Waals surface area contributed by atoms with Gasteiger partial charge in [-0.1, -0.05) is 42.5 Å². The van der Waals surface area contributed by atoms with Crippen molar-refractivity contribution < 1.29 is 14.3 Å². The number of amides is 1. The summed E-state index contributed by atoms with van der Waals surface area (Å²) >= 11 is 0. The predicted octanol–water partition coefficient (Wildman–Crippen LogP) is 4.34. The lowest BCUT2D eigenvalue weighted by Crippen LogP contribution is -2.36. The molecule has 1 rings (SSSR count). The van der Waals surface area contributed by atoms with Gasteiger partial charge < -0.3 is 10.1 Å². The molecule has 1 N–H and O–H groups in total. The third-order valence-corrected chi connectivity index (χ3v) is 3.01. The lowest BCUT2D eigenvalue weighted by molar-refractivity contribution is -0.105. The van der Waals surface area contributed by atoms with Gasteiger partial charge in [-0.25, -0.2) is 4.79 Å². The Morgan fingerprint density at radius 3 is 2.43 bits per heavy atom. The van der Waals surface area contributed by atoms with E-state index in [-0.39, 0.29) is 0 Å². The number of carbonyl (C=O) groups excluding carboxylic acids is 2. The molecule has 0 fully saturated rings. The zero-order valence-electron chi connectivity index (χ0n) is 14.0.